The Morgan fingerprint density at radius 1 is 1.21 bits per heavy atom. The van der Waals surface area contributed by atoms with Crippen molar-refractivity contribution < 1.29 is 23.9 Å². The first-order chi connectivity index (χ1) is 13.8. The van der Waals surface area contributed by atoms with Gasteiger partial charge in [-0.25, -0.2) is 9.78 Å². The molecular formula is C19H23N3O6S. The van der Waals surface area contributed by atoms with Crippen LogP contribution in [0.25, 0.3) is 10.9 Å². The van der Waals surface area contributed by atoms with Gasteiger partial charge in [0.05, 0.1) is 36.4 Å². The fraction of sp³-hybridized carbons (Fsp3) is 0.421. The Morgan fingerprint density at radius 2 is 1.93 bits per heavy atom. The van der Waals surface area contributed by atoms with Crippen LogP contribution < -0.4 is 10.9 Å². The van der Waals surface area contributed by atoms with Gasteiger partial charge in [-0.1, -0.05) is 25.6 Å². The van der Waals surface area contributed by atoms with Crippen molar-refractivity contribution in [1.82, 2.24) is 14.9 Å². The van der Waals surface area contributed by atoms with Crippen LogP contribution in [-0.2, 0) is 25.6 Å². The molecule has 0 aliphatic rings. The van der Waals surface area contributed by atoms with Gasteiger partial charge in [0, 0.05) is 6.54 Å². The molecule has 0 saturated heterocycles. The van der Waals surface area contributed by atoms with E-state index in [2.05, 4.69) is 15.0 Å². The fourth-order valence-electron chi connectivity index (χ4n) is 2.51. The molecule has 2 aromatic rings. The highest BCUT2D eigenvalue weighted by Gasteiger charge is 2.16. The van der Waals surface area contributed by atoms with Gasteiger partial charge in [0.25, 0.3) is 5.56 Å². The summed E-state index contributed by atoms with van der Waals surface area (Å²) in [6.45, 7) is 4.12. The van der Waals surface area contributed by atoms with Crippen LogP contribution in [0.1, 0.15) is 24.2 Å². The van der Waals surface area contributed by atoms with E-state index in [0.717, 1.165) is 11.8 Å². The lowest BCUT2D eigenvalue weighted by Gasteiger charge is -2.15. The molecule has 2 rings (SSSR count). The Balaban J connectivity index is 2.36. The first-order valence-corrected chi connectivity index (χ1v) is 9.84. The quantitative estimate of drug-likeness (QED) is 0.384. The van der Waals surface area contributed by atoms with Gasteiger partial charge in [0.1, 0.15) is 6.54 Å². The summed E-state index contributed by atoms with van der Waals surface area (Å²) in [4.78, 5) is 52.4. The Bertz CT molecular complexity index is 986. The van der Waals surface area contributed by atoms with Gasteiger partial charge in [-0.15, -0.1) is 0 Å². The number of ether oxygens (including phenoxy) is 2. The molecule has 0 unspecified atom stereocenters. The topological polar surface area (TPSA) is 117 Å². The summed E-state index contributed by atoms with van der Waals surface area (Å²) in [6.07, 6.45) is 0. The number of nitrogens with zero attached hydrogens (tertiary/aromatic N) is 2. The molecule has 0 aliphatic heterocycles. The smallest absolute Gasteiger partial charge is 0.337 e. The summed E-state index contributed by atoms with van der Waals surface area (Å²) in [5.41, 5.74) is 0.369. The van der Waals surface area contributed by atoms with E-state index in [1.54, 1.807) is 6.07 Å². The van der Waals surface area contributed by atoms with E-state index in [9.17, 15) is 19.2 Å². The second-order valence-electron chi connectivity index (χ2n) is 6.57. The van der Waals surface area contributed by atoms with Crippen molar-refractivity contribution in [3.05, 3.63) is 34.1 Å². The molecule has 1 N–H and O–H groups in total. The van der Waals surface area contributed by atoms with Crippen molar-refractivity contribution in [3.8, 4) is 0 Å². The zero-order valence-corrected chi connectivity index (χ0v) is 17.5. The number of carbonyl (C=O) groups is 3. The number of esters is 2. The van der Waals surface area contributed by atoms with E-state index in [1.807, 2.05) is 13.8 Å². The van der Waals surface area contributed by atoms with Crippen LogP contribution in [0.3, 0.4) is 0 Å². The molecule has 29 heavy (non-hydrogen) atoms. The Kier molecular flexibility index (Phi) is 7.77. The van der Waals surface area contributed by atoms with Crippen LogP contribution in [0.2, 0.25) is 0 Å². The number of amides is 1. The molecule has 1 amide bonds. The number of methoxy groups -OCH3 is 2. The molecule has 1 aromatic carbocycles. The number of nitrogens with one attached hydrogen (secondary N) is 1. The van der Waals surface area contributed by atoms with Gasteiger partial charge in [-0.05, 0) is 24.1 Å². The number of carbonyl (C=O) groups excluding carboxylic acids is 3. The SMILES string of the molecule is COC(=O)CNC(=O)CSc1nc2cc(C(=O)OC)ccc2c(=O)n1CC(C)C. The molecule has 10 heteroatoms. The number of aromatic nitrogens is 2. The monoisotopic (exact) mass is 421 g/mol. The molecule has 1 aromatic heterocycles. The minimum Gasteiger partial charge on any atom is -0.468 e. The van der Waals surface area contributed by atoms with Crippen LogP contribution in [0, 0.1) is 5.92 Å². The third kappa shape index (κ3) is 5.80. The molecule has 0 bridgehead atoms. The number of benzene rings is 1. The summed E-state index contributed by atoms with van der Waals surface area (Å²) in [7, 11) is 2.50. The lowest BCUT2D eigenvalue weighted by molar-refractivity contribution is -0.140. The van der Waals surface area contributed by atoms with E-state index >= 15 is 0 Å². The number of rotatable bonds is 8. The predicted molar refractivity (Wildman–Crippen MR) is 108 cm³/mol. The molecule has 0 atom stereocenters. The maximum atomic E-state index is 13.0. The second kappa shape index (κ2) is 10.1. The van der Waals surface area contributed by atoms with Crippen molar-refractivity contribution in [2.45, 2.75) is 25.5 Å². The molecule has 0 saturated carbocycles. The van der Waals surface area contributed by atoms with Crippen LogP contribution in [0.5, 0.6) is 0 Å². The van der Waals surface area contributed by atoms with E-state index in [1.165, 1.54) is 30.9 Å². The molecule has 0 fully saturated rings. The predicted octanol–water partition coefficient (Wildman–Crippen LogP) is 1.22. The van der Waals surface area contributed by atoms with Gasteiger partial charge in [-0.3, -0.25) is 19.0 Å². The molecule has 156 valence electrons. The van der Waals surface area contributed by atoms with Gasteiger partial charge in [0.15, 0.2) is 5.16 Å². The third-order valence-electron chi connectivity index (χ3n) is 3.88. The van der Waals surface area contributed by atoms with E-state index in [-0.39, 0.29) is 29.3 Å². The molecule has 1 heterocycles. The van der Waals surface area contributed by atoms with E-state index < -0.39 is 17.8 Å². The molecule has 0 spiro atoms. The number of fused-ring (bicyclic) bond motifs is 1. The zero-order chi connectivity index (χ0) is 21.6. The van der Waals surface area contributed by atoms with Gasteiger partial charge in [-0.2, -0.15) is 0 Å². The third-order valence-corrected chi connectivity index (χ3v) is 4.86. The Hall–Kier alpha value is -2.88. The van der Waals surface area contributed by atoms with Crippen molar-refractivity contribution in [3.63, 3.8) is 0 Å². The van der Waals surface area contributed by atoms with E-state index in [0.29, 0.717) is 22.6 Å². The van der Waals surface area contributed by atoms with Crippen LogP contribution in [-0.4, -0.2) is 53.9 Å². The second-order valence-corrected chi connectivity index (χ2v) is 7.51. The lowest BCUT2D eigenvalue weighted by atomic mass is 10.1. The Morgan fingerprint density at radius 3 is 2.55 bits per heavy atom. The first-order valence-electron chi connectivity index (χ1n) is 8.86. The standard InChI is InChI=1S/C19H23N3O6S/c1-11(2)9-22-17(25)13-6-5-12(18(26)28-4)7-14(13)21-19(22)29-10-15(23)20-8-16(24)27-3/h5-7,11H,8-10H2,1-4H3,(H,20,23). The normalized spacial score (nSPS) is 10.8. The maximum absolute atomic E-state index is 13.0. The highest BCUT2D eigenvalue weighted by atomic mass is 32.2. The first kappa shape index (κ1) is 22.4. The van der Waals surface area contributed by atoms with Crippen LogP contribution in [0.4, 0.5) is 0 Å². The number of hydrogen-bond acceptors (Lipinski definition) is 8. The minimum absolute atomic E-state index is 0.0380. The average molecular weight is 421 g/mol. The summed E-state index contributed by atoms with van der Waals surface area (Å²) in [6, 6.07) is 4.55. The van der Waals surface area contributed by atoms with Gasteiger partial charge < -0.3 is 14.8 Å². The average Bonchev–Trinajstić information content (AvgIpc) is 2.71. The maximum Gasteiger partial charge on any atom is 0.337 e. The van der Waals surface area contributed by atoms with Crippen molar-refractivity contribution >= 4 is 40.5 Å². The lowest BCUT2D eigenvalue weighted by Crippen LogP contribution is -2.32. The largest absolute Gasteiger partial charge is 0.468 e. The number of thioether (sulfide) groups is 1. The van der Waals surface area contributed by atoms with Gasteiger partial charge >= 0.3 is 11.9 Å². The van der Waals surface area contributed by atoms with Crippen LogP contribution in [0.15, 0.2) is 28.2 Å². The van der Waals surface area contributed by atoms with Crippen molar-refractivity contribution in [2.24, 2.45) is 5.92 Å². The summed E-state index contributed by atoms with van der Waals surface area (Å²) in [5.74, 6) is -1.34. The van der Waals surface area contributed by atoms with E-state index in [4.69, 9.17) is 4.74 Å². The summed E-state index contributed by atoms with van der Waals surface area (Å²) >= 11 is 1.08. The molecular weight excluding hydrogens is 398 g/mol. The number of hydrogen-bond donors (Lipinski definition) is 1. The fourth-order valence-corrected chi connectivity index (χ4v) is 3.34. The summed E-state index contributed by atoms with van der Waals surface area (Å²) < 4.78 is 10.7. The highest BCUT2D eigenvalue weighted by molar-refractivity contribution is 7.99. The Labute approximate surface area is 171 Å². The van der Waals surface area contributed by atoms with Crippen molar-refractivity contribution in [2.75, 3.05) is 26.5 Å². The minimum atomic E-state index is -0.556. The molecule has 0 radical (unpaired) electrons. The summed E-state index contributed by atoms with van der Waals surface area (Å²) in [5, 5.41) is 3.16. The molecule has 0 aliphatic carbocycles. The van der Waals surface area contributed by atoms with Gasteiger partial charge in [0.2, 0.25) is 5.91 Å². The molecule has 9 nitrogen and oxygen atoms in total. The zero-order valence-electron chi connectivity index (χ0n) is 16.7. The van der Waals surface area contributed by atoms with Crippen molar-refractivity contribution in [1.29, 1.82) is 0 Å². The van der Waals surface area contributed by atoms with Crippen LogP contribution >= 0.6 is 11.8 Å². The highest BCUT2D eigenvalue weighted by Crippen LogP contribution is 2.20.